The molecule has 5 heterocycles. The molecule has 3 fully saturated rings. The fourth-order valence-electron chi connectivity index (χ4n) is 8.53. The van der Waals surface area contributed by atoms with Crippen molar-refractivity contribution in [3.63, 3.8) is 0 Å². The number of urea groups is 1. The Kier molecular flexibility index (Phi) is 12.6. The molecular formula is C40H54N6O8. The molecule has 0 bridgehead atoms. The summed E-state index contributed by atoms with van der Waals surface area (Å²) in [7, 11) is 1.40. The van der Waals surface area contributed by atoms with Gasteiger partial charge in [-0.3, -0.25) is 19.5 Å². The van der Waals surface area contributed by atoms with Crippen LogP contribution in [0.1, 0.15) is 69.1 Å². The predicted molar refractivity (Wildman–Crippen MR) is 203 cm³/mol. The van der Waals surface area contributed by atoms with E-state index in [1.54, 1.807) is 4.90 Å². The van der Waals surface area contributed by atoms with Crippen LogP contribution in [0.4, 0.5) is 15.3 Å². The monoisotopic (exact) mass is 746 g/mol. The Bertz CT molecular complexity index is 1860. The number of benzene rings is 2. The summed E-state index contributed by atoms with van der Waals surface area (Å²) in [6.45, 7) is 10.5. The first-order valence-electron chi connectivity index (χ1n) is 19.4. The first-order valence-corrected chi connectivity index (χ1v) is 19.4. The summed E-state index contributed by atoms with van der Waals surface area (Å²) in [4.78, 5) is 71.4. The van der Waals surface area contributed by atoms with Crippen LogP contribution in [-0.4, -0.2) is 120 Å². The number of aromatic nitrogens is 1. The standard InChI is InChI=1S/C24H33N3O5.C16H21N3O3/c1-4-31-23(29)19-6-5-9-27(19)18-7-10-26(11-8-18)22(28)16(3)13-17-12-15(2)21-20(14-17)32-24(30)25-21;1-22-16(21)18-9-7-13(8-10-18)19-11-6-12-4-2-3-5-14(12)17-15(19)20/h12,14,16,18-19H,4-11,13H2,1-3H3,(H,25,30);2-5,13H,6-11H2,1H3,(H,17,20)/t16-,19-;/m1./s1. The maximum absolute atomic E-state index is 13.1. The van der Waals surface area contributed by atoms with Gasteiger partial charge in [0.15, 0.2) is 5.58 Å². The zero-order valence-corrected chi connectivity index (χ0v) is 31.9. The Hall–Kier alpha value is -4.85. The van der Waals surface area contributed by atoms with Gasteiger partial charge in [-0.1, -0.05) is 31.2 Å². The van der Waals surface area contributed by atoms with Gasteiger partial charge in [0.2, 0.25) is 5.91 Å². The number of H-pyrrole nitrogens is 1. The van der Waals surface area contributed by atoms with E-state index in [1.807, 2.05) is 60.9 Å². The SMILES string of the molecule is CCOC(=O)[C@H]1CCCN1C1CCN(C(=O)[C@H](C)Cc2cc(C)c3[nH]c(=O)oc3c2)CC1.COC(=O)N1CCC(N2CCc3ccccc3NC2=O)CC1. The number of para-hydroxylation sites is 1. The number of hydrogen-bond acceptors (Lipinski definition) is 9. The lowest BCUT2D eigenvalue weighted by Gasteiger charge is -2.39. The normalized spacial score (nSPS) is 20.4. The highest BCUT2D eigenvalue weighted by Crippen LogP contribution is 2.29. The Morgan fingerprint density at radius 3 is 2.35 bits per heavy atom. The molecule has 3 aromatic rings. The molecule has 14 heteroatoms. The molecule has 4 aliphatic rings. The number of ether oxygens (including phenoxy) is 2. The fraction of sp³-hybridized carbons (Fsp3) is 0.575. The number of carbonyl (C=O) groups excluding carboxylic acids is 4. The number of amides is 4. The number of methoxy groups -OCH3 is 1. The van der Waals surface area contributed by atoms with Crippen LogP contribution in [-0.2, 0) is 31.9 Å². The average Bonchev–Trinajstić information content (AvgIpc) is 3.78. The molecule has 4 amide bonds. The summed E-state index contributed by atoms with van der Waals surface area (Å²) in [6, 6.07) is 12.1. The number of rotatable bonds is 7. The summed E-state index contributed by atoms with van der Waals surface area (Å²) in [5, 5.41) is 3.00. The van der Waals surface area contributed by atoms with Gasteiger partial charge in [0.05, 0.1) is 19.2 Å². The Morgan fingerprint density at radius 1 is 0.926 bits per heavy atom. The lowest BCUT2D eigenvalue weighted by Crippen LogP contribution is -2.51. The molecule has 4 aliphatic heterocycles. The number of fused-ring (bicyclic) bond motifs is 2. The van der Waals surface area contributed by atoms with Crippen LogP contribution < -0.4 is 11.1 Å². The van der Waals surface area contributed by atoms with E-state index in [9.17, 15) is 24.0 Å². The topological polar surface area (TPSA) is 158 Å². The van der Waals surface area contributed by atoms with Gasteiger partial charge in [-0.2, -0.15) is 0 Å². The number of nitrogens with one attached hydrogen (secondary N) is 2. The van der Waals surface area contributed by atoms with E-state index in [2.05, 4.69) is 21.3 Å². The third-order valence-electron chi connectivity index (χ3n) is 11.3. The van der Waals surface area contributed by atoms with Crippen LogP contribution in [0, 0.1) is 12.8 Å². The van der Waals surface area contributed by atoms with Crippen molar-refractivity contribution in [3.05, 3.63) is 63.6 Å². The van der Waals surface area contributed by atoms with Crippen molar-refractivity contribution in [2.45, 2.75) is 90.3 Å². The van der Waals surface area contributed by atoms with Gasteiger partial charge in [0, 0.05) is 56.4 Å². The number of esters is 1. The van der Waals surface area contributed by atoms with Crippen LogP contribution >= 0.6 is 0 Å². The van der Waals surface area contributed by atoms with Crippen molar-refractivity contribution in [2.75, 3.05) is 58.3 Å². The van der Waals surface area contributed by atoms with Crippen LogP contribution in [0.3, 0.4) is 0 Å². The minimum Gasteiger partial charge on any atom is -0.465 e. The lowest BCUT2D eigenvalue weighted by atomic mass is 9.96. The van der Waals surface area contributed by atoms with Crippen molar-refractivity contribution in [2.24, 2.45) is 5.92 Å². The quantitative estimate of drug-likeness (QED) is 0.320. The number of likely N-dealkylation sites (tertiary alicyclic amines) is 3. The van der Waals surface area contributed by atoms with Crippen LogP contribution in [0.25, 0.3) is 11.1 Å². The van der Waals surface area contributed by atoms with Gasteiger partial charge < -0.3 is 33.9 Å². The molecule has 1 aromatic heterocycles. The fourth-order valence-corrected chi connectivity index (χ4v) is 8.53. The predicted octanol–water partition coefficient (Wildman–Crippen LogP) is 4.93. The largest absolute Gasteiger partial charge is 0.465 e. The zero-order chi connectivity index (χ0) is 38.4. The molecule has 0 aliphatic carbocycles. The first kappa shape index (κ1) is 38.9. The number of carbonyl (C=O) groups is 4. The number of nitrogens with zero attached hydrogens (tertiary/aromatic N) is 4. The van der Waals surface area contributed by atoms with Crippen molar-refractivity contribution >= 4 is 40.8 Å². The number of hydrogen-bond donors (Lipinski definition) is 2. The summed E-state index contributed by atoms with van der Waals surface area (Å²) in [6.07, 6.45) is 6.39. The Balaban J connectivity index is 0.000000197. The van der Waals surface area contributed by atoms with Crippen molar-refractivity contribution < 1.29 is 33.1 Å². The first-order chi connectivity index (χ1) is 26.1. The molecule has 2 atom stereocenters. The second-order valence-electron chi connectivity index (χ2n) is 14.8. The third kappa shape index (κ3) is 8.91. The van der Waals surface area contributed by atoms with E-state index in [1.165, 1.54) is 12.7 Å². The van der Waals surface area contributed by atoms with Crippen molar-refractivity contribution in [1.82, 2.24) is 24.6 Å². The van der Waals surface area contributed by atoms with Crippen molar-refractivity contribution in [1.29, 1.82) is 0 Å². The molecule has 2 N–H and O–H groups in total. The highest BCUT2D eigenvalue weighted by molar-refractivity contribution is 5.91. The maximum Gasteiger partial charge on any atom is 0.417 e. The second kappa shape index (κ2) is 17.5. The maximum atomic E-state index is 13.1. The molecule has 3 saturated heterocycles. The van der Waals surface area contributed by atoms with Gasteiger partial charge in [-0.15, -0.1) is 0 Å². The van der Waals surface area contributed by atoms with Crippen LogP contribution in [0.5, 0.6) is 0 Å². The number of aryl methyl sites for hydroxylation is 1. The molecule has 54 heavy (non-hydrogen) atoms. The van der Waals surface area contributed by atoms with Crippen LogP contribution in [0.2, 0.25) is 0 Å². The molecular weight excluding hydrogens is 692 g/mol. The number of piperidine rings is 2. The molecule has 0 radical (unpaired) electrons. The smallest absolute Gasteiger partial charge is 0.417 e. The number of aromatic amines is 1. The third-order valence-corrected chi connectivity index (χ3v) is 11.3. The molecule has 0 unspecified atom stereocenters. The van der Waals surface area contributed by atoms with Crippen LogP contribution in [0.15, 0.2) is 45.6 Å². The number of oxazole rings is 1. The van der Waals surface area contributed by atoms with Gasteiger partial charge in [-0.05, 0) is 101 Å². The van der Waals surface area contributed by atoms with E-state index in [-0.39, 0.29) is 42.0 Å². The summed E-state index contributed by atoms with van der Waals surface area (Å²) in [5.74, 6) is -0.577. The van der Waals surface area contributed by atoms with E-state index in [0.29, 0.717) is 62.9 Å². The molecule has 0 saturated carbocycles. The molecule has 0 spiro atoms. The van der Waals surface area contributed by atoms with Gasteiger partial charge >= 0.3 is 23.8 Å². The minimum atomic E-state index is -0.463. The van der Waals surface area contributed by atoms with Gasteiger partial charge in [0.25, 0.3) is 0 Å². The second-order valence-corrected chi connectivity index (χ2v) is 14.8. The van der Waals surface area contributed by atoms with Crippen molar-refractivity contribution in [3.8, 4) is 0 Å². The molecule has 2 aromatic carbocycles. The summed E-state index contributed by atoms with van der Waals surface area (Å²) < 4.78 is 15.2. The number of anilines is 1. The zero-order valence-electron chi connectivity index (χ0n) is 31.9. The summed E-state index contributed by atoms with van der Waals surface area (Å²) >= 11 is 0. The highest BCUT2D eigenvalue weighted by Gasteiger charge is 2.38. The molecule has 14 nitrogen and oxygen atoms in total. The minimum absolute atomic E-state index is 0.0403. The Morgan fingerprint density at radius 2 is 1.63 bits per heavy atom. The lowest BCUT2D eigenvalue weighted by molar-refractivity contribution is -0.150. The van der Waals surface area contributed by atoms with E-state index in [4.69, 9.17) is 13.9 Å². The molecule has 292 valence electrons. The Labute approximate surface area is 316 Å². The average molecular weight is 747 g/mol. The van der Waals surface area contributed by atoms with E-state index in [0.717, 1.165) is 68.3 Å². The van der Waals surface area contributed by atoms with Gasteiger partial charge in [0.1, 0.15) is 6.04 Å². The molecule has 7 rings (SSSR count). The highest BCUT2D eigenvalue weighted by atomic mass is 16.5. The van der Waals surface area contributed by atoms with E-state index >= 15 is 0 Å². The van der Waals surface area contributed by atoms with E-state index < -0.39 is 5.76 Å². The summed E-state index contributed by atoms with van der Waals surface area (Å²) in [5.41, 5.74) is 5.25. The van der Waals surface area contributed by atoms with Gasteiger partial charge in [-0.25, -0.2) is 14.4 Å².